The molecule has 0 bridgehead atoms. The van der Waals surface area contributed by atoms with Crippen LogP contribution in [0, 0.1) is 0 Å². The van der Waals surface area contributed by atoms with Gasteiger partial charge in [0.1, 0.15) is 0 Å². The zero-order chi connectivity index (χ0) is 13.1. The van der Waals surface area contributed by atoms with Gasteiger partial charge in [-0.15, -0.1) is 11.3 Å². The maximum Gasteiger partial charge on any atom is 0.185 e. The fraction of sp³-hybridized carbons (Fsp3) is 0.769. The summed E-state index contributed by atoms with van der Waals surface area (Å²) in [6.07, 6.45) is 0. The summed E-state index contributed by atoms with van der Waals surface area (Å²) in [6.45, 7) is 11.2. The van der Waals surface area contributed by atoms with Crippen LogP contribution in [0.15, 0.2) is 5.38 Å². The van der Waals surface area contributed by atoms with Crippen LogP contribution in [0.5, 0.6) is 0 Å². The second-order valence-electron chi connectivity index (χ2n) is 5.18. The van der Waals surface area contributed by atoms with Crippen LogP contribution >= 0.6 is 11.3 Å². The number of thiazole rings is 1. The van der Waals surface area contributed by atoms with E-state index < -0.39 is 0 Å². The number of hydrogen-bond acceptors (Lipinski definition) is 5. The Hall–Kier alpha value is -0.650. The van der Waals surface area contributed by atoms with Gasteiger partial charge >= 0.3 is 0 Å². The fourth-order valence-corrected chi connectivity index (χ4v) is 3.17. The zero-order valence-electron chi connectivity index (χ0n) is 11.8. The van der Waals surface area contributed by atoms with Gasteiger partial charge in [-0.1, -0.05) is 0 Å². The summed E-state index contributed by atoms with van der Waals surface area (Å²) >= 11 is 1.77. The Morgan fingerprint density at radius 3 is 2.44 bits per heavy atom. The lowest BCUT2D eigenvalue weighted by Crippen LogP contribution is -2.48. The second-order valence-corrected chi connectivity index (χ2v) is 6.02. The summed E-state index contributed by atoms with van der Waals surface area (Å²) in [6, 6.07) is 0.996. The number of anilines is 1. The monoisotopic (exact) mass is 268 g/mol. The molecule has 1 aliphatic rings. The average molecular weight is 268 g/mol. The molecular formula is C13H24N4S. The number of hydrogen-bond donors (Lipinski definition) is 1. The van der Waals surface area contributed by atoms with Crippen molar-refractivity contribution in [2.24, 2.45) is 0 Å². The standard InChI is InChI=1S/C13H24N4S/c1-10(2)16-5-7-17(8-6-16)13-15-12(9-18-13)11(3)14-4/h9-11,14H,5-8H2,1-4H3. The molecule has 0 radical (unpaired) electrons. The Bertz CT molecular complexity index is 369. The topological polar surface area (TPSA) is 31.4 Å². The van der Waals surface area contributed by atoms with Crippen molar-refractivity contribution in [3.05, 3.63) is 11.1 Å². The molecule has 0 aromatic carbocycles. The molecular weight excluding hydrogens is 244 g/mol. The lowest BCUT2D eigenvalue weighted by atomic mass is 10.2. The van der Waals surface area contributed by atoms with Gasteiger partial charge in [0.2, 0.25) is 0 Å². The van der Waals surface area contributed by atoms with Crippen LogP contribution in [-0.4, -0.2) is 49.2 Å². The Morgan fingerprint density at radius 2 is 1.89 bits per heavy atom. The Kier molecular flexibility index (Phi) is 4.59. The van der Waals surface area contributed by atoms with E-state index >= 15 is 0 Å². The highest BCUT2D eigenvalue weighted by Gasteiger charge is 2.21. The minimum atomic E-state index is 0.340. The van der Waals surface area contributed by atoms with Crippen LogP contribution in [0.3, 0.4) is 0 Å². The quantitative estimate of drug-likeness (QED) is 0.904. The van der Waals surface area contributed by atoms with Gasteiger partial charge in [-0.25, -0.2) is 4.98 Å². The van der Waals surface area contributed by atoms with E-state index in [2.05, 4.69) is 41.3 Å². The molecule has 4 nitrogen and oxygen atoms in total. The highest BCUT2D eigenvalue weighted by atomic mass is 32.1. The van der Waals surface area contributed by atoms with Crippen LogP contribution in [0.1, 0.15) is 32.5 Å². The fourth-order valence-electron chi connectivity index (χ4n) is 2.20. The molecule has 5 heteroatoms. The molecule has 0 spiro atoms. The molecule has 1 aromatic heterocycles. The van der Waals surface area contributed by atoms with Crippen molar-refractivity contribution in [1.82, 2.24) is 15.2 Å². The minimum Gasteiger partial charge on any atom is -0.346 e. The van der Waals surface area contributed by atoms with E-state index in [0.717, 1.165) is 31.9 Å². The van der Waals surface area contributed by atoms with Crippen LogP contribution in [0.2, 0.25) is 0 Å². The first-order valence-electron chi connectivity index (χ1n) is 6.73. The van der Waals surface area contributed by atoms with E-state index in [9.17, 15) is 0 Å². The minimum absolute atomic E-state index is 0.340. The Labute approximate surface area is 114 Å². The number of nitrogens with one attached hydrogen (secondary N) is 1. The summed E-state index contributed by atoms with van der Waals surface area (Å²) in [5.74, 6) is 0. The number of nitrogens with zero attached hydrogens (tertiary/aromatic N) is 3. The van der Waals surface area contributed by atoms with Gasteiger partial charge in [-0.3, -0.25) is 4.90 Å². The molecule has 1 N–H and O–H groups in total. The van der Waals surface area contributed by atoms with Crippen molar-refractivity contribution in [3.8, 4) is 0 Å². The molecule has 1 atom stereocenters. The molecule has 0 aliphatic carbocycles. The van der Waals surface area contributed by atoms with E-state index in [1.165, 1.54) is 5.13 Å². The third-order valence-corrected chi connectivity index (χ3v) is 4.62. The van der Waals surface area contributed by atoms with Gasteiger partial charge in [0.05, 0.1) is 5.69 Å². The summed E-state index contributed by atoms with van der Waals surface area (Å²) in [4.78, 5) is 9.68. The largest absolute Gasteiger partial charge is 0.346 e. The third kappa shape index (κ3) is 3.02. The molecule has 0 amide bonds. The van der Waals surface area contributed by atoms with Crippen molar-refractivity contribution in [3.63, 3.8) is 0 Å². The predicted octanol–water partition coefficient (Wildman–Crippen LogP) is 1.95. The molecule has 18 heavy (non-hydrogen) atoms. The molecule has 1 aliphatic heterocycles. The first-order chi connectivity index (χ1) is 8.61. The molecule has 2 heterocycles. The maximum atomic E-state index is 4.74. The molecule has 1 fully saturated rings. The van der Waals surface area contributed by atoms with Gasteiger partial charge in [-0.05, 0) is 27.8 Å². The van der Waals surface area contributed by atoms with Crippen molar-refractivity contribution in [2.75, 3.05) is 38.1 Å². The molecule has 1 saturated heterocycles. The van der Waals surface area contributed by atoms with Crippen LogP contribution in [0.4, 0.5) is 5.13 Å². The lowest BCUT2D eigenvalue weighted by molar-refractivity contribution is 0.209. The maximum absolute atomic E-state index is 4.74. The molecule has 1 unspecified atom stereocenters. The highest BCUT2D eigenvalue weighted by Crippen LogP contribution is 2.25. The smallest absolute Gasteiger partial charge is 0.185 e. The first-order valence-corrected chi connectivity index (χ1v) is 7.61. The highest BCUT2D eigenvalue weighted by molar-refractivity contribution is 7.13. The summed E-state index contributed by atoms with van der Waals surface area (Å²) in [7, 11) is 1.98. The first kappa shape index (κ1) is 13.8. The summed E-state index contributed by atoms with van der Waals surface area (Å²) < 4.78 is 0. The van der Waals surface area contributed by atoms with Crippen LogP contribution < -0.4 is 10.2 Å². The summed E-state index contributed by atoms with van der Waals surface area (Å²) in [5.41, 5.74) is 1.16. The van der Waals surface area contributed by atoms with E-state index in [4.69, 9.17) is 4.98 Å². The normalized spacial score (nSPS) is 19.5. The Morgan fingerprint density at radius 1 is 1.22 bits per heavy atom. The van der Waals surface area contributed by atoms with E-state index in [1.54, 1.807) is 11.3 Å². The predicted molar refractivity (Wildman–Crippen MR) is 78.5 cm³/mol. The van der Waals surface area contributed by atoms with Crippen molar-refractivity contribution >= 4 is 16.5 Å². The third-order valence-electron chi connectivity index (χ3n) is 3.70. The molecule has 1 aromatic rings. The van der Waals surface area contributed by atoms with Crippen LogP contribution in [-0.2, 0) is 0 Å². The van der Waals surface area contributed by atoms with E-state index in [0.29, 0.717) is 12.1 Å². The second kappa shape index (κ2) is 5.99. The average Bonchev–Trinajstić information content (AvgIpc) is 2.87. The number of aromatic nitrogens is 1. The van der Waals surface area contributed by atoms with E-state index in [1.807, 2.05) is 7.05 Å². The zero-order valence-corrected chi connectivity index (χ0v) is 12.6. The SMILES string of the molecule is CNC(C)c1csc(N2CCN(C(C)C)CC2)n1. The number of rotatable bonds is 4. The van der Waals surface area contributed by atoms with Gasteiger partial charge in [0, 0.05) is 43.6 Å². The lowest BCUT2D eigenvalue weighted by Gasteiger charge is -2.36. The molecule has 2 rings (SSSR count). The molecule has 102 valence electrons. The van der Waals surface area contributed by atoms with Crippen LogP contribution in [0.25, 0.3) is 0 Å². The number of piperazine rings is 1. The van der Waals surface area contributed by atoms with Gasteiger partial charge in [0.25, 0.3) is 0 Å². The summed E-state index contributed by atoms with van der Waals surface area (Å²) in [5, 5.41) is 6.59. The van der Waals surface area contributed by atoms with Crippen molar-refractivity contribution in [2.45, 2.75) is 32.9 Å². The Balaban J connectivity index is 1.95. The van der Waals surface area contributed by atoms with Crippen molar-refractivity contribution in [1.29, 1.82) is 0 Å². The van der Waals surface area contributed by atoms with Gasteiger partial charge in [-0.2, -0.15) is 0 Å². The van der Waals surface area contributed by atoms with Crippen molar-refractivity contribution < 1.29 is 0 Å². The molecule has 0 saturated carbocycles. The van der Waals surface area contributed by atoms with E-state index in [-0.39, 0.29) is 0 Å². The van der Waals surface area contributed by atoms with Gasteiger partial charge < -0.3 is 10.2 Å². The van der Waals surface area contributed by atoms with Gasteiger partial charge in [0.15, 0.2) is 5.13 Å².